The quantitative estimate of drug-likeness (QED) is 0.605. The van der Waals surface area contributed by atoms with Crippen molar-refractivity contribution in [1.82, 2.24) is 14.8 Å². The lowest BCUT2D eigenvalue weighted by Gasteiger charge is -2.07. The maximum atomic E-state index is 5.25. The Morgan fingerprint density at radius 3 is 2.56 bits per heavy atom. The van der Waals surface area contributed by atoms with Crippen LogP contribution in [0.15, 0.2) is 35.5 Å². The standard InChI is InChI=1S/C11H11N3S2/c1-14-11(16-2)12-10(15)9(13-14)8-6-4-3-5-7-8/h3-7H,1-2H3. The number of rotatable bonds is 2. The van der Waals surface area contributed by atoms with Crippen molar-refractivity contribution in [2.45, 2.75) is 5.16 Å². The van der Waals surface area contributed by atoms with Gasteiger partial charge in [0.1, 0.15) is 5.69 Å². The molecule has 2 aromatic rings. The highest BCUT2D eigenvalue weighted by molar-refractivity contribution is 7.98. The minimum Gasteiger partial charge on any atom is -0.245 e. The SMILES string of the molecule is CSc1nc(=S)c(-c2ccccc2)nn1C. The molecule has 3 nitrogen and oxygen atoms in total. The lowest BCUT2D eigenvalue weighted by molar-refractivity contribution is 0.622. The molecule has 1 heterocycles. The minimum atomic E-state index is 0.550. The third-order valence-electron chi connectivity index (χ3n) is 2.16. The van der Waals surface area contributed by atoms with Gasteiger partial charge in [-0.2, -0.15) is 5.10 Å². The molecule has 0 aliphatic rings. The van der Waals surface area contributed by atoms with E-state index in [0.29, 0.717) is 4.64 Å². The molecular formula is C11H11N3S2. The van der Waals surface area contributed by atoms with Gasteiger partial charge in [-0.3, -0.25) is 0 Å². The van der Waals surface area contributed by atoms with Crippen molar-refractivity contribution >= 4 is 24.0 Å². The van der Waals surface area contributed by atoms with Crippen molar-refractivity contribution in [2.75, 3.05) is 6.26 Å². The Kier molecular flexibility index (Phi) is 3.36. The van der Waals surface area contributed by atoms with Crippen molar-refractivity contribution < 1.29 is 0 Å². The Morgan fingerprint density at radius 2 is 1.94 bits per heavy atom. The fraction of sp³-hybridized carbons (Fsp3) is 0.182. The zero-order chi connectivity index (χ0) is 11.5. The number of nitrogens with zero attached hydrogens (tertiary/aromatic N) is 3. The van der Waals surface area contributed by atoms with Crippen LogP contribution in [0, 0.1) is 4.64 Å². The Bertz CT molecular complexity index is 549. The summed E-state index contributed by atoms with van der Waals surface area (Å²) >= 11 is 6.78. The molecule has 0 radical (unpaired) electrons. The van der Waals surface area contributed by atoms with E-state index in [0.717, 1.165) is 16.4 Å². The lowest BCUT2D eigenvalue weighted by atomic mass is 10.2. The molecule has 0 atom stereocenters. The number of benzene rings is 1. The summed E-state index contributed by atoms with van der Waals surface area (Å²) in [7, 11) is 1.88. The van der Waals surface area contributed by atoms with E-state index in [-0.39, 0.29) is 0 Å². The van der Waals surface area contributed by atoms with Crippen LogP contribution < -0.4 is 0 Å². The fourth-order valence-corrected chi connectivity index (χ4v) is 2.19. The van der Waals surface area contributed by atoms with E-state index in [1.165, 1.54) is 11.8 Å². The van der Waals surface area contributed by atoms with Gasteiger partial charge in [-0.15, -0.1) is 0 Å². The monoisotopic (exact) mass is 249 g/mol. The number of aromatic nitrogens is 3. The summed E-state index contributed by atoms with van der Waals surface area (Å²) in [6, 6.07) is 9.87. The van der Waals surface area contributed by atoms with Crippen LogP contribution in [0.1, 0.15) is 0 Å². The van der Waals surface area contributed by atoms with Gasteiger partial charge in [0.25, 0.3) is 0 Å². The molecule has 0 amide bonds. The molecule has 1 aromatic heterocycles. The summed E-state index contributed by atoms with van der Waals surface area (Å²) < 4.78 is 2.30. The molecule has 0 saturated heterocycles. The van der Waals surface area contributed by atoms with Crippen molar-refractivity contribution in [3.8, 4) is 11.3 Å². The summed E-state index contributed by atoms with van der Waals surface area (Å²) in [5, 5.41) is 5.27. The van der Waals surface area contributed by atoms with Gasteiger partial charge in [0.2, 0.25) is 0 Å². The summed E-state index contributed by atoms with van der Waals surface area (Å²) in [4.78, 5) is 4.35. The largest absolute Gasteiger partial charge is 0.245 e. The van der Waals surface area contributed by atoms with Gasteiger partial charge in [-0.1, -0.05) is 54.3 Å². The van der Waals surface area contributed by atoms with Gasteiger partial charge in [0, 0.05) is 12.6 Å². The van der Waals surface area contributed by atoms with E-state index >= 15 is 0 Å². The average Bonchev–Trinajstić information content (AvgIpc) is 2.32. The van der Waals surface area contributed by atoms with Crippen LogP contribution in [-0.4, -0.2) is 21.0 Å². The van der Waals surface area contributed by atoms with Crippen LogP contribution in [0.2, 0.25) is 0 Å². The van der Waals surface area contributed by atoms with Crippen LogP contribution in [0.3, 0.4) is 0 Å². The molecule has 1 aromatic carbocycles. The van der Waals surface area contributed by atoms with E-state index in [9.17, 15) is 0 Å². The van der Waals surface area contributed by atoms with Crippen molar-refractivity contribution in [3.63, 3.8) is 0 Å². The minimum absolute atomic E-state index is 0.550. The Morgan fingerprint density at radius 1 is 1.25 bits per heavy atom. The fourth-order valence-electron chi connectivity index (χ4n) is 1.40. The topological polar surface area (TPSA) is 30.7 Å². The van der Waals surface area contributed by atoms with Crippen LogP contribution in [0.4, 0.5) is 0 Å². The van der Waals surface area contributed by atoms with E-state index in [1.54, 1.807) is 4.68 Å². The highest BCUT2D eigenvalue weighted by Gasteiger charge is 2.06. The van der Waals surface area contributed by atoms with Crippen molar-refractivity contribution in [1.29, 1.82) is 0 Å². The molecule has 16 heavy (non-hydrogen) atoms. The first kappa shape index (κ1) is 11.3. The highest BCUT2D eigenvalue weighted by atomic mass is 32.2. The molecule has 0 bridgehead atoms. The van der Waals surface area contributed by atoms with Crippen molar-refractivity contribution in [2.24, 2.45) is 7.05 Å². The second-order valence-corrected chi connectivity index (χ2v) is 4.40. The predicted octanol–water partition coefficient (Wildman–Crippen LogP) is 2.93. The smallest absolute Gasteiger partial charge is 0.185 e. The first-order chi connectivity index (χ1) is 7.72. The van der Waals surface area contributed by atoms with E-state index in [4.69, 9.17) is 12.2 Å². The maximum Gasteiger partial charge on any atom is 0.185 e. The first-order valence-electron chi connectivity index (χ1n) is 4.77. The second-order valence-electron chi connectivity index (χ2n) is 3.24. The molecule has 0 unspecified atom stereocenters. The summed E-state index contributed by atoms with van der Waals surface area (Å²) in [5.74, 6) is 0. The van der Waals surface area contributed by atoms with Crippen LogP contribution >= 0.6 is 24.0 Å². The van der Waals surface area contributed by atoms with Crippen LogP contribution in [0.25, 0.3) is 11.3 Å². The molecule has 0 fully saturated rings. The molecule has 5 heteroatoms. The molecule has 2 rings (SSSR count). The molecular weight excluding hydrogens is 238 g/mol. The van der Waals surface area contributed by atoms with Gasteiger partial charge in [0.05, 0.1) is 0 Å². The van der Waals surface area contributed by atoms with Crippen LogP contribution in [-0.2, 0) is 7.05 Å². The maximum absolute atomic E-state index is 5.25. The third kappa shape index (κ3) is 2.15. The summed E-state index contributed by atoms with van der Waals surface area (Å²) in [6.07, 6.45) is 1.96. The number of hydrogen-bond acceptors (Lipinski definition) is 4. The summed E-state index contributed by atoms with van der Waals surface area (Å²) in [6.45, 7) is 0. The predicted molar refractivity (Wildman–Crippen MR) is 69.1 cm³/mol. The van der Waals surface area contributed by atoms with Gasteiger partial charge in [-0.25, -0.2) is 9.67 Å². The van der Waals surface area contributed by atoms with E-state index < -0.39 is 0 Å². The van der Waals surface area contributed by atoms with Gasteiger partial charge in [0.15, 0.2) is 9.80 Å². The second kappa shape index (κ2) is 4.76. The highest BCUT2D eigenvalue weighted by Crippen LogP contribution is 2.18. The number of hydrogen-bond donors (Lipinski definition) is 0. The molecule has 82 valence electrons. The summed E-state index contributed by atoms with van der Waals surface area (Å²) in [5.41, 5.74) is 1.76. The molecule has 0 aliphatic heterocycles. The third-order valence-corrected chi connectivity index (χ3v) is 3.16. The zero-order valence-corrected chi connectivity index (χ0v) is 10.7. The van der Waals surface area contributed by atoms with E-state index in [1.807, 2.05) is 43.6 Å². The number of aryl methyl sites for hydroxylation is 1. The Labute approximate surface area is 104 Å². The Hall–Kier alpha value is -1.20. The molecule has 0 N–H and O–H groups in total. The first-order valence-corrected chi connectivity index (χ1v) is 6.40. The van der Waals surface area contributed by atoms with Gasteiger partial charge in [-0.05, 0) is 6.26 Å². The lowest BCUT2D eigenvalue weighted by Crippen LogP contribution is -2.05. The molecule has 0 aliphatic carbocycles. The van der Waals surface area contributed by atoms with Gasteiger partial charge >= 0.3 is 0 Å². The average molecular weight is 249 g/mol. The zero-order valence-electron chi connectivity index (χ0n) is 9.04. The Balaban J connectivity index is 2.60. The number of thioether (sulfide) groups is 1. The van der Waals surface area contributed by atoms with Crippen LogP contribution in [0.5, 0.6) is 0 Å². The molecule has 0 spiro atoms. The van der Waals surface area contributed by atoms with Gasteiger partial charge < -0.3 is 0 Å². The van der Waals surface area contributed by atoms with E-state index in [2.05, 4.69) is 10.1 Å². The normalized spacial score (nSPS) is 10.4. The van der Waals surface area contributed by atoms with Crippen molar-refractivity contribution in [3.05, 3.63) is 35.0 Å². The molecule has 0 saturated carbocycles.